The summed E-state index contributed by atoms with van der Waals surface area (Å²) in [7, 11) is 2.54. The first-order valence-corrected chi connectivity index (χ1v) is 15.9. The first-order valence-electron chi connectivity index (χ1n) is 15.1. The molecule has 51 heavy (non-hydrogen) atoms. The van der Waals surface area contributed by atoms with Crippen LogP contribution >= 0.6 is 23.2 Å². The van der Waals surface area contributed by atoms with Gasteiger partial charge in [-0.05, 0) is 77.1 Å². The van der Waals surface area contributed by atoms with Crippen molar-refractivity contribution in [1.82, 2.24) is 0 Å². The van der Waals surface area contributed by atoms with Crippen LogP contribution in [0.15, 0.2) is 103 Å². The summed E-state index contributed by atoms with van der Waals surface area (Å²) >= 11 is 11.9. The summed E-state index contributed by atoms with van der Waals surface area (Å²) in [6.07, 6.45) is 0.546. The van der Waals surface area contributed by atoms with Gasteiger partial charge in [0.15, 0.2) is 0 Å². The second-order valence-electron chi connectivity index (χ2n) is 10.9. The van der Waals surface area contributed by atoms with E-state index in [2.05, 4.69) is 10.1 Å². The lowest BCUT2D eigenvalue weighted by molar-refractivity contribution is -0.387. The molecule has 0 unspecified atom stereocenters. The van der Waals surface area contributed by atoms with Crippen LogP contribution in [0.5, 0.6) is 0 Å². The van der Waals surface area contributed by atoms with Gasteiger partial charge in [0, 0.05) is 28.7 Å². The fourth-order valence-electron chi connectivity index (χ4n) is 5.03. The highest BCUT2D eigenvalue weighted by molar-refractivity contribution is 6.31. The lowest BCUT2D eigenvalue weighted by Gasteiger charge is -2.11. The van der Waals surface area contributed by atoms with Crippen molar-refractivity contribution in [3.8, 4) is 0 Å². The van der Waals surface area contributed by atoms with Gasteiger partial charge in [0.05, 0.1) is 35.2 Å². The Morgan fingerprint density at radius 3 is 1.65 bits per heavy atom. The molecule has 0 aromatic heterocycles. The van der Waals surface area contributed by atoms with Crippen LogP contribution in [0.3, 0.4) is 0 Å². The highest BCUT2D eigenvalue weighted by atomic mass is 35.5. The number of rotatable bonds is 11. The Morgan fingerprint density at radius 1 is 0.667 bits per heavy atom. The molecule has 14 heteroatoms. The first kappa shape index (κ1) is 38.0. The number of anilines is 1. The van der Waals surface area contributed by atoms with E-state index in [1.165, 1.54) is 38.5 Å². The summed E-state index contributed by atoms with van der Waals surface area (Å²) in [6, 6.07) is 27.9. The van der Waals surface area contributed by atoms with Crippen molar-refractivity contribution in [1.29, 1.82) is 0 Å². The molecule has 0 saturated carbocycles. The summed E-state index contributed by atoms with van der Waals surface area (Å²) in [5.74, 6) is -1.97. The first-order chi connectivity index (χ1) is 24.4. The van der Waals surface area contributed by atoms with Gasteiger partial charge in [-0.1, -0.05) is 77.8 Å². The average molecular weight is 735 g/mol. The molecule has 0 saturated heterocycles. The molecule has 0 aliphatic carbocycles. The Kier molecular flexibility index (Phi) is 13.2. The largest absolute Gasteiger partial charge is 0.465 e. The molecule has 0 heterocycles. The number of hydrogen-bond acceptors (Lipinski definition) is 9. The predicted octanol–water partition coefficient (Wildman–Crippen LogP) is 9.00. The highest BCUT2D eigenvalue weighted by Crippen LogP contribution is 2.29. The van der Waals surface area contributed by atoms with Gasteiger partial charge in [-0.15, -0.1) is 0 Å². The highest BCUT2D eigenvalue weighted by Gasteiger charge is 2.19. The standard InChI is InChI=1S/C22H19ClN2O4.C15H11ClFNO4/c1-29-22(26)19-13-18(23)9-8-17(19)11-16-7-10-20(21(12-16)25(27)28)24-14-15-5-3-2-4-6-15;1-22-15(19)12-8-11(16)4-3-10(12)6-9-2-5-13(17)14(7-9)18(20)21/h2-10,12-13,24H,11,14H2,1H3;2-5,7-8H,6H2,1H3. The number of esters is 2. The van der Waals surface area contributed by atoms with E-state index in [0.29, 0.717) is 56.5 Å². The molecular weight excluding hydrogens is 704 g/mol. The Hall–Kier alpha value is -5.85. The minimum Gasteiger partial charge on any atom is -0.465 e. The van der Waals surface area contributed by atoms with E-state index < -0.39 is 33.3 Å². The van der Waals surface area contributed by atoms with Crippen LogP contribution in [0.1, 0.15) is 48.5 Å². The summed E-state index contributed by atoms with van der Waals surface area (Å²) in [6.45, 7) is 0.477. The van der Waals surface area contributed by atoms with Crippen LogP contribution < -0.4 is 5.32 Å². The zero-order valence-corrected chi connectivity index (χ0v) is 28.7. The van der Waals surface area contributed by atoms with Gasteiger partial charge in [-0.25, -0.2) is 9.59 Å². The Morgan fingerprint density at radius 2 is 1.16 bits per heavy atom. The van der Waals surface area contributed by atoms with Crippen molar-refractivity contribution >= 4 is 52.2 Å². The van der Waals surface area contributed by atoms with Crippen LogP contribution in [0, 0.1) is 26.0 Å². The van der Waals surface area contributed by atoms with Crippen molar-refractivity contribution in [3.63, 3.8) is 0 Å². The van der Waals surface area contributed by atoms with Crippen LogP contribution in [-0.4, -0.2) is 36.0 Å². The number of benzene rings is 5. The third-order valence-corrected chi connectivity index (χ3v) is 8.01. The van der Waals surface area contributed by atoms with Crippen LogP contribution in [0.25, 0.3) is 0 Å². The van der Waals surface area contributed by atoms with Crippen LogP contribution in [-0.2, 0) is 28.9 Å². The molecule has 5 aromatic carbocycles. The third kappa shape index (κ3) is 10.3. The molecule has 262 valence electrons. The number of halogens is 3. The van der Waals surface area contributed by atoms with Gasteiger partial charge < -0.3 is 14.8 Å². The predicted molar refractivity (Wildman–Crippen MR) is 191 cm³/mol. The molecule has 5 rings (SSSR count). The van der Waals surface area contributed by atoms with Gasteiger partial charge in [0.25, 0.3) is 5.69 Å². The molecule has 0 aliphatic heterocycles. The van der Waals surface area contributed by atoms with E-state index in [4.69, 9.17) is 27.9 Å². The van der Waals surface area contributed by atoms with E-state index in [1.807, 2.05) is 30.3 Å². The molecule has 0 atom stereocenters. The number of nitro groups is 2. The molecule has 0 spiro atoms. The molecular formula is C37H30Cl2FN3O8. The maximum absolute atomic E-state index is 13.3. The number of nitrogens with one attached hydrogen (secondary N) is 1. The van der Waals surface area contributed by atoms with E-state index in [0.717, 1.165) is 17.7 Å². The smallest absolute Gasteiger partial charge is 0.338 e. The average Bonchev–Trinajstić information content (AvgIpc) is 3.13. The minimum absolute atomic E-state index is 0.0213. The molecule has 0 amide bonds. The summed E-state index contributed by atoms with van der Waals surface area (Å²) in [5, 5.41) is 26.2. The number of nitrogens with zero attached hydrogens (tertiary/aromatic N) is 2. The summed E-state index contributed by atoms with van der Waals surface area (Å²) < 4.78 is 22.8. The lowest BCUT2D eigenvalue weighted by Crippen LogP contribution is -2.07. The number of hydrogen-bond donors (Lipinski definition) is 1. The van der Waals surface area contributed by atoms with Crippen molar-refractivity contribution in [2.75, 3.05) is 19.5 Å². The SMILES string of the molecule is COC(=O)c1cc(Cl)ccc1Cc1ccc(F)c([N+](=O)[O-])c1.COC(=O)c1cc(Cl)ccc1Cc1ccc(NCc2ccccc2)c([N+](=O)[O-])c1. The van der Waals surface area contributed by atoms with Gasteiger partial charge in [0.1, 0.15) is 5.69 Å². The van der Waals surface area contributed by atoms with E-state index >= 15 is 0 Å². The lowest BCUT2D eigenvalue weighted by atomic mass is 9.99. The summed E-state index contributed by atoms with van der Waals surface area (Å²) in [4.78, 5) is 44.9. The number of methoxy groups -OCH3 is 2. The van der Waals surface area contributed by atoms with Gasteiger partial charge in [-0.3, -0.25) is 20.2 Å². The van der Waals surface area contributed by atoms with E-state index in [9.17, 15) is 34.2 Å². The zero-order valence-electron chi connectivity index (χ0n) is 27.2. The number of carbonyl (C=O) groups is 2. The van der Waals surface area contributed by atoms with Crippen molar-refractivity contribution in [2.45, 2.75) is 19.4 Å². The van der Waals surface area contributed by atoms with E-state index in [1.54, 1.807) is 36.4 Å². The zero-order chi connectivity index (χ0) is 37.1. The number of carbonyl (C=O) groups excluding carboxylic acids is 2. The molecule has 11 nitrogen and oxygen atoms in total. The topological polar surface area (TPSA) is 151 Å². The van der Waals surface area contributed by atoms with Gasteiger partial charge in [0.2, 0.25) is 5.82 Å². The quantitative estimate of drug-likeness (QED) is 0.0796. The third-order valence-electron chi connectivity index (χ3n) is 7.54. The maximum Gasteiger partial charge on any atom is 0.338 e. The molecule has 0 fully saturated rings. The molecule has 5 aromatic rings. The molecule has 0 bridgehead atoms. The van der Waals surface area contributed by atoms with Crippen LogP contribution in [0.2, 0.25) is 10.0 Å². The monoisotopic (exact) mass is 733 g/mol. The number of nitro benzene ring substituents is 2. The number of ether oxygens (including phenoxy) is 2. The molecule has 1 N–H and O–H groups in total. The molecule has 0 radical (unpaired) electrons. The van der Waals surface area contributed by atoms with E-state index in [-0.39, 0.29) is 17.7 Å². The van der Waals surface area contributed by atoms with Gasteiger partial charge in [-0.2, -0.15) is 4.39 Å². The van der Waals surface area contributed by atoms with Crippen molar-refractivity contribution in [3.05, 3.63) is 178 Å². The van der Waals surface area contributed by atoms with Crippen LogP contribution in [0.4, 0.5) is 21.5 Å². The summed E-state index contributed by atoms with van der Waals surface area (Å²) in [5.41, 5.74) is 3.91. The fraction of sp³-hybridized carbons (Fsp3) is 0.135. The van der Waals surface area contributed by atoms with Crippen molar-refractivity contribution in [2.24, 2.45) is 0 Å². The minimum atomic E-state index is -0.905. The second kappa shape index (κ2) is 17.7. The van der Waals surface area contributed by atoms with Gasteiger partial charge >= 0.3 is 17.6 Å². The fourth-order valence-corrected chi connectivity index (χ4v) is 5.38. The Bertz CT molecular complexity index is 2080. The normalized spacial score (nSPS) is 10.4. The maximum atomic E-state index is 13.3. The Labute approximate surface area is 301 Å². The Balaban J connectivity index is 0.000000238. The second-order valence-corrected chi connectivity index (χ2v) is 11.8. The van der Waals surface area contributed by atoms with Crippen molar-refractivity contribution < 1.29 is 33.3 Å². The molecule has 0 aliphatic rings.